The molecule has 0 aliphatic heterocycles. The Kier molecular flexibility index (Phi) is 4.77. The summed E-state index contributed by atoms with van der Waals surface area (Å²) in [6, 6.07) is 7.96. The fraction of sp³-hybridized carbons (Fsp3) is 0.500. The first-order valence-corrected chi connectivity index (χ1v) is 7.32. The Hall–Kier alpha value is -1.84. The molecule has 0 radical (unpaired) electrons. The van der Waals surface area contributed by atoms with Crippen molar-refractivity contribution in [2.24, 2.45) is 5.92 Å². The van der Waals surface area contributed by atoms with Crippen molar-refractivity contribution in [1.82, 2.24) is 14.9 Å². The van der Waals surface area contributed by atoms with Crippen LogP contribution in [0.25, 0.3) is 11.0 Å². The van der Waals surface area contributed by atoms with Gasteiger partial charge in [-0.25, -0.2) is 4.98 Å². The maximum absolute atomic E-state index is 12.0. The number of aromatic nitrogens is 2. The van der Waals surface area contributed by atoms with Crippen LogP contribution >= 0.6 is 0 Å². The van der Waals surface area contributed by atoms with Crippen LogP contribution in [0.15, 0.2) is 24.3 Å². The van der Waals surface area contributed by atoms with Gasteiger partial charge < -0.3 is 9.88 Å². The second-order valence-electron chi connectivity index (χ2n) is 5.49. The molecule has 0 bridgehead atoms. The van der Waals surface area contributed by atoms with Crippen LogP contribution in [0, 0.1) is 5.92 Å². The summed E-state index contributed by atoms with van der Waals surface area (Å²) in [7, 11) is 0. The topological polar surface area (TPSA) is 46.9 Å². The number of nitrogens with one attached hydrogen (secondary N) is 1. The van der Waals surface area contributed by atoms with E-state index in [1.807, 2.05) is 28.8 Å². The number of rotatable bonds is 6. The predicted octanol–water partition coefficient (Wildman–Crippen LogP) is 2.76. The minimum absolute atomic E-state index is 0.0588. The lowest BCUT2D eigenvalue weighted by Crippen LogP contribution is -2.29. The summed E-state index contributed by atoms with van der Waals surface area (Å²) in [4.78, 5) is 16.6. The normalized spacial score (nSPS) is 11.2. The average molecular weight is 273 g/mol. The molecule has 20 heavy (non-hydrogen) atoms. The summed E-state index contributed by atoms with van der Waals surface area (Å²) in [5.74, 6) is 1.63. The molecule has 0 aliphatic rings. The number of para-hydroxylation sites is 2. The smallest absolute Gasteiger partial charge is 0.240 e. The second-order valence-corrected chi connectivity index (χ2v) is 5.49. The lowest BCUT2D eigenvalue weighted by molar-refractivity contribution is -0.121. The molecule has 0 saturated carbocycles. The van der Waals surface area contributed by atoms with Crippen LogP contribution in [0.2, 0.25) is 0 Å². The van der Waals surface area contributed by atoms with Crippen LogP contribution < -0.4 is 5.32 Å². The van der Waals surface area contributed by atoms with Crippen LogP contribution in [0.1, 0.15) is 33.0 Å². The van der Waals surface area contributed by atoms with Crippen molar-refractivity contribution in [3.8, 4) is 0 Å². The minimum atomic E-state index is 0.0588. The highest BCUT2D eigenvalue weighted by molar-refractivity contribution is 5.81. The van der Waals surface area contributed by atoms with Crippen LogP contribution in [0.4, 0.5) is 0 Å². The summed E-state index contributed by atoms with van der Waals surface area (Å²) in [5.41, 5.74) is 1.99. The third kappa shape index (κ3) is 3.38. The predicted molar refractivity (Wildman–Crippen MR) is 81.6 cm³/mol. The molecular formula is C16H23N3O. The number of benzene rings is 1. The standard InChI is InChI=1S/C16H23N3O/c1-4-15-18-13-7-5-6-8-14(13)19(15)11-16(20)17-10-9-12(2)3/h5-8,12H,4,9-11H2,1-3H3,(H,17,20). The van der Waals surface area contributed by atoms with E-state index in [1.165, 1.54) is 0 Å². The maximum atomic E-state index is 12.0. The quantitative estimate of drug-likeness (QED) is 0.879. The zero-order chi connectivity index (χ0) is 14.5. The van der Waals surface area contributed by atoms with Gasteiger partial charge in [-0.05, 0) is 24.5 Å². The molecule has 0 saturated heterocycles. The van der Waals surface area contributed by atoms with E-state index in [2.05, 4.69) is 31.1 Å². The molecule has 0 unspecified atom stereocenters. The summed E-state index contributed by atoms with van der Waals surface area (Å²) < 4.78 is 2.01. The van der Waals surface area contributed by atoms with Crippen LogP contribution in [-0.4, -0.2) is 22.0 Å². The van der Waals surface area contributed by atoms with Gasteiger partial charge in [0.25, 0.3) is 0 Å². The first-order chi connectivity index (χ1) is 9.61. The van der Waals surface area contributed by atoms with Crippen LogP contribution in [0.5, 0.6) is 0 Å². The molecule has 1 amide bonds. The number of amides is 1. The number of hydrogen-bond donors (Lipinski definition) is 1. The monoisotopic (exact) mass is 273 g/mol. The highest BCUT2D eigenvalue weighted by atomic mass is 16.1. The molecule has 1 aromatic carbocycles. The molecule has 0 fully saturated rings. The van der Waals surface area contributed by atoms with Gasteiger partial charge in [-0.3, -0.25) is 4.79 Å². The maximum Gasteiger partial charge on any atom is 0.240 e. The van der Waals surface area contributed by atoms with Crippen LogP contribution in [0.3, 0.4) is 0 Å². The molecule has 2 aromatic rings. The Morgan fingerprint density at radius 1 is 1.35 bits per heavy atom. The Morgan fingerprint density at radius 3 is 2.80 bits per heavy atom. The van der Waals surface area contributed by atoms with Gasteiger partial charge in [0.2, 0.25) is 5.91 Å². The number of carbonyl (C=O) groups excluding carboxylic acids is 1. The lowest BCUT2D eigenvalue weighted by atomic mass is 10.1. The van der Waals surface area contributed by atoms with Gasteiger partial charge in [-0.1, -0.05) is 32.9 Å². The Balaban J connectivity index is 2.10. The zero-order valence-electron chi connectivity index (χ0n) is 12.5. The summed E-state index contributed by atoms with van der Waals surface area (Å²) in [6.45, 7) is 7.47. The Labute approximate surface area is 120 Å². The van der Waals surface area contributed by atoms with Crippen LogP contribution in [-0.2, 0) is 17.8 Å². The molecule has 1 N–H and O–H groups in total. The summed E-state index contributed by atoms with van der Waals surface area (Å²) in [6.07, 6.45) is 1.84. The summed E-state index contributed by atoms with van der Waals surface area (Å²) >= 11 is 0. The van der Waals surface area contributed by atoms with Crippen molar-refractivity contribution >= 4 is 16.9 Å². The SMILES string of the molecule is CCc1nc2ccccc2n1CC(=O)NCCC(C)C. The van der Waals surface area contributed by atoms with E-state index in [9.17, 15) is 4.79 Å². The molecule has 1 aromatic heterocycles. The van der Waals surface area contributed by atoms with Gasteiger partial charge in [0.1, 0.15) is 12.4 Å². The first kappa shape index (κ1) is 14.6. The minimum Gasteiger partial charge on any atom is -0.355 e. The molecular weight excluding hydrogens is 250 g/mol. The largest absolute Gasteiger partial charge is 0.355 e. The summed E-state index contributed by atoms with van der Waals surface area (Å²) in [5, 5.41) is 2.98. The number of fused-ring (bicyclic) bond motifs is 1. The fourth-order valence-electron chi connectivity index (χ4n) is 2.27. The van der Waals surface area contributed by atoms with Crippen molar-refractivity contribution in [2.45, 2.75) is 40.2 Å². The molecule has 0 spiro atoms. The molecule has 108 valence electrons. The second kappa shape index (κ2) is 6.55. The van der Waals surface area contributed by atoms with E-state index < -0.39 is 0 Å². The third-order valence-electron chi connectivity index (χ3n) is 3.40. The van der Waals surface area contributed by atoms with E-state index >= 15 is 0 Å². The number of aryl methyl sites for hydroxylation is 1. The van der Waals surface area contributed by atoms with Crippen molar-refractivity contribution in [1.29, 1.82) is 0 Å². The zero-order valence-corrected chi connectivity index (χ0v) is 12.5. The van der Waals surface area contributed by atoms with E-state index in [0.717, 1.165) is 36.2 Å². The number of nitrogens with zero attached hydrogens (tertiary/aromatic N) is 2. The third-order valence-corrected chi connectivity index (χ3v) is 3.40. The van der Waals surface area contributed by atoms with Crippen molar-refractivity contribution in [3.05, 3.63) is 30.1 Å². The van der Waals surface area contributed by atoms with E-state index in [0.29, 0.717) is 12.5 Å². The average Bonchev–Trinajstić information content (AvgIpc) is 2.76. The van der Waals surface area contributed by atoms with Crippen molar-refractivity contribution in [3.63, 3.8) is 0 Å². The number of imidazole rings is 1. The molecule has 0 atom stereocenters. The number of hydrogen-bond acceptors (Lipinski definition) is 2. The molecule has 1 heterocycles. The molecule has 4 heteroatoms. The Bertz CT molecular complexity index is 586. The van der Waals surface area contributed by atoms with E-state index in [-0.39, 0.29) is 5.91 Å². The first-order valence-electron chi connectivity index (χ1n) is 7.32. The fourth-order valence-corrected chi connectivity index (χ4v) is 2.27. The van der Waals surface area contributed by atoms with E-state index in [1.54, 1.807) is 0 Å². The molecule has 2 rings (SSSR count). The van der Waals surface area contributed by atoms with Gasteiger partial charge in [0.05, 0.1) is 11.0 Å². The molecule has 0 aliphatic carbocycles. The van der Waals surface area contributed by atoms with Gasteiger partial charge in [0.15, 0.2) is 0 Å². The van der Waals surface area contributed by atoms with E-state index in [4.69, 9.17) is 0 Å². The Morgan fingerprint density at radius 2 is 2.10 bits per heavy atom. The van der Waals surface area contributed by atoms with Crippen molar-refractivity contribution < 1.29 is 4.79 Å². The van der Waals surface area contributed by atoms with Gasteiger partial charge in [0, 0.05) is 13.0 Å². The highest BCUT2D eigenvalue weighted by Crippen LogP contribution is 2.16. The van der Waals surface area contributed by atoms with Gasteiger partial charge in [-0.2, -0.15) is 0 Å². The number of carbonyl (C=O) groups is 1. The van der Waals surface area contributed by atoms with Crippen molar-refractivity contribution in [2.75, 3.05) is 6.54 Å². The van der Waals surface area contributed by atoms with Gasteiger partial charge >= 0.3 is 0 Å². The highest BCUT2D eigenvalue weighted by Gasteiger charge is 2.11. The molecule has 4 nitrogen and oxygen atoms in total. The van der Waals surface area contributed by atoms with Gasteiger partial charge in [-0.15, -0.1) is 0 Å². The lowest BCUT2D eigenvalue weighted by Gasteiger charge is -2.10.